The average molecular weight is 176 g/mol. The number of pyridine rings is 1. The van der Waals surface area contributed by atoms with E-state index in [0.717, 1.165) is 0 Å². The maximum Gasteiger partial charge on any atom is 0.279 e. The first-order valence-corrected chi connectivity index (χ1v) is 3.80. The Bertz CT molecular complexity index is 517. The lowest BCUT2D eigenvalue weighted by atomic mass is 10.4. The van der Waals surface area contributed by atoms with Gasteiger partial charge in [-0.15, -0.1) is 10.2 Å². The van der Waals surface area contributed by atoms with Gasteiger partial charge < -0.3 is 5.73 Å². The third kappa shape index (κ3) is 1.05. The highest BCUT2D eigenvalue weighted by atomic mass is 16.1. The van der Waals surface area contributed by atoms with E-state index in [-0.39, 0.29) is 5.56 Å². The van der Waals surface area contributed by atoms with Crippen molar-refractivity contribution in [3.05, 3.63) is 34.4 Å². The van der Waals surface area contributed by atoms with Crippen molar-refractivity contribution < 1.29 is 0 Å². The zero-order valence-electron chi connectivity index (χ0n) is 7.06. The van der Waals surface area contributed by atoms with E-state index in [4.69, 9.17) is 5.73 Å². The van der Waals surface area contributed by atoms with Crippen LogP contribution in [-0.2, 0) is 0 Å². The van der Waals surface area contributed by atoms with Crippen LogP contribution in [0.4, 0.5) is 5.69 Å². The van der Waals surface area contributed by atoms with Crippen LogP contribution in [0.25, 0.3) is 5.65 Å². The summed E-state index contributed by atoms with van der Waals surface area (Å²) in [5.74, 6) is 0. The number of anilines is 1. The highest BCUT2D eigenvalue weighted by Crippen LogP contribution is 2.05. The lowest BCUT2D eigenvalue weighted by Gasteiger charge is -2.01. The maximum atomic E-state index is 11.5. The lowest BCUT2D eigenvalue weighted by molar-refractivity contribution is 0.893. The largest absolute Gasteiger partial charge is 0.396 e. The smallest absolute Gasteiger partial charge is 0.279 e. The lowest BCUT2D eigenvalue weighted by Crippen LogP contribution is -2.19. The summed E-state index contributed by atoms with van der Waals surface area (Å²) in [6.45, 7) is 1.62. The topological polar surface area (TPSA) is 73.3 Å². The number of hydrogen-bond donors (Lipinski definition) is 1. The van der Waals surface area contributed by atoms with Crippen LogP contribution in [-0.4, -0.2) is 14.6 Å². The van der Waals surface area contributed by atoms with E-state index in [0.29, 0.717) is 17.0 Å². The first-order valence-electron chi connectivity index (χ1n) is 3.80. The van der Waals surface area contributed by atoms with Gasteiger partial charge in [0.1, 0.15) is 5.69 Å². The Morgan fingerprint density at radius 3 is 3.00 bits per heavy atom. The second kappa shape index (κ2) is 2.55. The quantitative estimate of drug-likeness (QED) is 0.612. The molecular weight excluding hydrogens is 168 g/mol. The van der Waals surface area contributed by atoms with E-state index in [9.17, 15) is 4.79 Å². The fraction of sp³-hybridized carbons (Fsp3) is 0.125. The number of nitrogens with two attached hydrogens (primary N) is 1. The van der Waals surface area contributed by atoms with Crippen LogP contribution in [0.5, 0.6) is 0 Å². The normalized spacial score (nSPS) is 10.5. The van der Waals surface area contributed by atoms with Crippen molar-refractivity contribution in [2.75, 3.05) is 5.73 Å². The van der Waals surface area contributed by atoms with Crippen molar-refractivity contribution in [2.24, 2.45) is 0 Å². The molecule has 5 nitrogen and oxygen atoms in total. The first kappa shape index (κ1) is 7.72. The molecule has 0 bridgehead atoms. The molecule has 0 unspecified atom stereocenters. The molecule has 13 heavy (non-hydrogen) atoms. The Hall–Kier alpha value is -1.91. The van der Waals surface area contributed by atoms with Crippen molar-refractivity contribution in [3.8, 4) is 0 Å². The minimum absolute atomic E-state index is 0.183. The van der Waals surface area contributed by atoms with E-state index in [1.54, 1.807) is 25.3 Å². The summed E-state index contributed by atoms with van der Waals surface area (Å²) in [7, 11) is 0. The highest BCUT2D eigenvalue weighted by Gasteiger charge is 2.03. The molecule has 0 fully saturated rings. The fourth-order valence-corrected chi connectivity index (χ4v) is 1.13. The second-order valence-corrected chi connectivity index (χ2v) is 2.75. The number of aromatic nitrogens is 3. The molecular formula is C8H8N4O. The molecule has 0 aromatic carbocycles. The van der Waals surface area contributed by atoms with Crippen LogP contribution in [0, 0.1) is 6.92 Å². The summed E-state index contributed by atoms with van der Waals surface area (Å²) < 4.78 is 1.39. The Labute approximate surface area is 73.8 Å². The number of hydrogen-bond acceptors (Lipinski definition) is 4. The Balaban J connectivity index is 3.03. The zero-order valence-corrected chi connectivity index (χ0v) is 7.06. The summed E-state index contributed by atoms with van der Waals surface area (Å²) in [5.41, 5.74) is 6.65. The number of fused-ring (bicyclic) bond motifs is 1. The van der Waals surface area contributed by atoms with Crippen molar-refractivity contribution >= 4 is 11.3 Å². The van der Waals surface area contributed by atoms with Crippen molar-refractivity contribution in [1.82, 2.24) is 14.6 Å². The molecule has 0 amide bonds. The standard InChI is InChI=1S/C8H8N4O/c1-5-8(13)12-4-2-3-6(9)7(12)11-10-5/h2-4H,9H2,1H3. The zero-order chi connectivity index (χ0) is 9.42. The second-order valence-electron chi connectivity index (χ2n) is 2.75. The van der Waals surface area contributed by atoms with Gasteiger partial charge in [-0.2, -0.15) is 0 Å². The molecule has 0 atom stereocenters. The fourth-order valence-electron chi connectivity index (χ4n) is 1.13. The van der Waals surface area contributed by atoms with Crippen LogP contribution in [0.15, 0.2) is 23.1 Å². The summed E-state index contributed by atoms with van der Waals surface area (Å²) in [4.78, 5) is 11.5. The van der Waals surface area contributed by atoms with Gasteiger partial charge in [0.15, 0.2) is 5.65 Å². The number of rotatable bonds is 0. The van der Waals surface area contributed by atoms with Crippen LogP contribution in [0.2, 0.25) is 0 Å². The van der Waals surface area contributed by atoms with Crippen LogP contribution in [0.1, 0.15) is 5.69 Å². The molecule has 2 heterocycles. The highest BCUT2D eigenvalue weighted by molar-refractivity contribution is 5.62. The van der Waals surface area contributed by atoms with E-state index >= 15 is 0 Å². The molecule has 0 radical (unpaired) electrons. The average Bonchev–Trinajstić information content (AvgIpc) is 2.12. The molecule has 2 aromatic heterocycles. The van der Waals surface area contributed by atoms with Gasteiger partial charge in [0, 0.05) is 6.20 Å². The van der Waals surface area contributed by atoms with Gasteiger partial charge in [0.05, 0.1) is 5.69 Å². The van der Waals surface area contributed by atoms with E-state index < -0.39 is 0 Å². The molecule has 2 aromatic rings. The molecule has 0 saturated carbocycles. The molecule has 0 aliphatic rings. The predicted molar refractivity (Wildman–Crippen MR) is 48.4 cm³/mol. The van der Waals surface area contributed by atoms with Crippen LogP contribution in [0.3, 0.4) is 0 Å². The molecule has 5 heteroatoms. The maximum absolute atomic E-state index is 11.5. The van der Waals surface area contributed by atoms with Crippen LogP contribution < -0.4 is 11.3 Å². The molecule has 2 N–H and O–H groups in total. The van der Waals surface area contributed by atoms with E-state index in [1.165, 1.54) is 4.40 Å². The number of nitrogens with zero attached hydrogens (tertiary/aromatic N) is 3. The molecule has 2 rings (SSSR count). The Morgan fingerprint density at radius 1 is 1.46 bits per heavy atom. The van der Waals surface area contributed by atoms with Gasteiger partial charge in [-0.3, -0.25) is 9.20 Å². The third-order valence-corrected chi connectivity index (χ3v) is 1.82. The van der Waals surface area contributed by atoms with Gasteiger partial charge in [0.2, 0.25) is 0 Å². The minimum atomic E-state index is -0.183. The molecule has 0 spiro atoms. The van der Waals surface area contributed by atoms with E-state index in [2.05, 4.69) is 10.2 Å². The Morgan fingerprint density at radius 2 is 2.23 bits per heavy atom. The molecule has 0 aliphatic heterocycles. The summed E-state index contributed by atoms with van der Waals surface area (Å²) in [6, 6.07) is 3.38. The summed E-state index contributed by atoms with van der Waals surface area (Å²) in [6.07, 6.45) is 1.62. The first-order chi connectivity index (χ1) is 6.20. The van der Waals surface area contributed by atoms with Gasteiger partial charge in [0.25, 0.3) is 5.56 Å². The molecule has 0 saturated heterocycles. The van der Waals surface area contributed by atoms with Crippen molar-refractivity contribution in [1.29, 1.82) is 0 Å². The van der Waals surface area contributed by atoms with Gasteiger partial charge >= 0.3 is 0 Å². The monoisotopic (exact) mass is 176 g/mol. The van der Waals surface area contributed by atoms with Gasteiger partial charge in [-0.1, -0.05) is 0 Å². The summed E-state index contributed by atoms with van der Waals surface area (Å²) in [5, 5.41) is 7.53. The number of aryl methyl sites for hydroxylation is 1. The van der Waals surface area contributed by atoms with Crippen molar-refractivity contribution in [2.45, 2.75) is 6.92 Å². The van der Waals surface area contributed by atoms with Crippen molar-refractivity contribution in [3.63, 3.8) is 0 Å². The minimum Gasteiger partial charge on any atom is -0.396 e. The van der Waals surface area contributed by atoms with Gasteiger partial charge in [-0.05, 0) is 19.1 Å². The SMILES string of the molecule is Cc1nnc2c(N)cccn2c1=O. The summed E-state index contributed by atoms with van der Waals surface area (Å²) >= 11 is 0. The molecule has 66 valence electrons. The number of nitrogen functional groups attached to an aromatic ring is 1. The molecule has 0 aliphatic carbocycles. The Kier molecular flexibility index (Phi) is 1.51. The van der Waals surface area contributed by atoms with E-state index in [1.807, 2.05) is 0 Å². The van der Waals surface area contributed by atoms with Gasteiger partial charge in [-0.25, -0.2) is 0 Å². The van der Waals surface area contributed by atoms with Crippen LogP contribution >= 0.6 is 0 Å². The third-order valence-electron chi connectivity index (χ3n) is 1.82. The predicted octanol–water partition coefficient (Wildman–Crippen LogP) is -0.0199.